The number of rotatable bonds is 5. The van der Waals surface area contributed by atoms with Crippen molar-refractivity contribution >= 4 is 17.2 Å². The van der Waals surface area contributed by atoms with E-state index in [1.807, 2.05) is 13.1 Å². The number of anilines is 1. The lowest BCUT2D eigenvalue weighted by Crippen LogP contribution is -2.46. The lowest BCUT2D eigenvalue weighted by molar-refractivity contribution is -0.118. The summed E-state index contributed by atoms with van der Waals surface area (Å²) in [6.45, 7) is 6.23. The molecule has 0 unspecified atom stereocenters. The molecule has 0 aromatic heterocycles. The van der Waals surface area contributed by atoms with E-state index in [2.05, 4.69) is 67.7 Å². The van der Waals surface area contributed by atoms with Crippen molar-refractivity contribution in [2.45, 2.75) is 45.1 Å². The minimum absolute atomic E-state index is 0.167. The highest BCUT2D eigenvalue weighted by Gasteiger charge is 2.36. The first-order valence-corrected chi connectivity index (χ1v) is 11.1. The van der Waals surface area contributed by atoms with Crippen LogP contribution in [0.2, 0.25) is 0 Å². The van der Waals surface area contributed by atoms with Gasteiger partial charge < -0.3 is 15.0 Å². The monoisotopic (exact) mass is 404 g/mol. The number of benzene rings is 2. The summed E-state index contributed by atoms with van der Waals surface area (Å²) < 4.78 is 6.48. The number of carbonyl (C=O) groups is 1. The summed E-state index contributed by atoms with van der Waals surface area (Å²) in [7, 11) is 1.87. The van der Waals surface area contributed by atoms with Gasteiger partial charge in [0.2, 0.25) is 5.91 Å². The number of amides is 1. The zero-order valence-electron chi connectivity index (χ0n) is 18.3. The second-order valence-electron chi connectivity index (χ2n) is 8.90. The average molecular weight is 405 g/mol. The summed E-state index contributed by atoms with van der Waals surface area (Å²) in [4.78, 5) is 14.3. The zero-order chi connectivity index (χ0) is 21.1. The second-order valence-corrected chi connectivity index (χ2v) is 8.90. The minimum Gasteiger partial charge on any atom is -0.482 e. The molecule has 158 valence electrons. The Morgan fingerprint density at radius 1 is 1.10 bits per heavy atom. The van der Waals surface area contributed by atoms with Gasteiger partial charge in [-0.2, -0.15) is 0 Å². The van der Waals surface area contributed by atoms with Crippen LogP contribution in [0.25, 0.3) is 5.57 Å². The molecule has 1 amide bonds. The Morgan fingerprint density at radius 2 is 1.80 bits per heavy atom. The molecule has 1 fully saturated rings. The highest BCUT2D eigenvalue weighted by Crippen LogP contribution is 2.42. The van der Waals surface area contributed by atoms with Crippen molar-refractivity contribution in [1.82, 2.24) is 5.32 Å². The predicted octanol–water partition coefficient (Wildman–Crippen LogP) is 5.03. The lowest BCUT2D eigenvalue weighted by atomic mass is 9.83. The van der Waals surface area contributed by atoms with E-state index in [0.717, 1.165) is 54.9 Å². The highest BCUT2D eigenvalue weighted by atomic mass is 16.5. The molecule has 2 heterocycles. The topological polar surface area (TPSA) is 41.6 Å². The Labute approximate surface area is 179 Å². The van der Waals surface area contributed by atoms with Crippen LogP contribution >= 0.6 is 0 Å². The van der Waals surface area contributed by atoms with Crippen LogP contribution < -0.4 is 15.0 Å². The summed E-state index contributed by atoms with van der Waals surface area (Å²) in [5.74, 6) is 1.66. The van der Waals surface area contributed by atoms with E-state index < -0.39 is 0 Å². The third kappa shape index (κ3) is 4.29. The molecule has 4 rings (SSSR count). The van der Waals surface area contributed by atoms with E-state index in [4.69, 9.17) is 4.74 Å². The number of hydrogen-bond acceptors (Lipinski definition) is 3. The summed E-state index contributed by atoms with van der Waals surface area (Å²) in [5.41, 5.74) is 4.22. The molecule has 30 heavy (non-hydrogen) atoms. The fourth-order valence-electron chi connectivity index (χ4n) is 4.29. The number of nitrogens with one attached hydrogen (secondary N) is 1. The largest absolute Gasteiger partial charge is 0.482 e. The second kappa shape index (κ2) is 8.65. The molecule has 1 spiro atoms. The van der Waals surface area contributed by atoms with Gasteiger partial charge in [-0.25, -0.2) is 0 Å². The normalized spacial score (nSPS) is 17.3. The van der Waals surface area contributed by atoms with Crippen molar-refractivity contribution in [2.24, 2.45) is 5.92 Å². The molecule has 0 bridgehead atoms. The van der Waals surface area contributed by atoms with Gasteiger partial charge in [-0.3, -0.25) is 4.79 Å². The molecule has 0 atom stereocenters. The molecule has 2 aromatic carbocycles. The predicted molar refractivity (Wildman–Crippen MR) is 123 cm³/mol. The van der Waals surface area contributed by atoms with Gasteiger partial charge in [0.25, 0.3) is 0 Å². The van der Waals surface area contributed by atoms with Crippen LogP contribution in [0.1, 0.15) is 50.7 Å². The smallest absolute Gasteiger partial charge is 0.226 e. The summed E-state index contributed by atoms with van der Waals surface area (Å²) in [6.07, 6.45) is 5.76. The number of hydrogen-bond donors (Lipinski definition) is 1. The number of fused-ring (bicyclic) bond motifs is 1. The third-order valence-corrected chi connectivity index (χ3v) is 6.22. The van der Waals surface area contributed by atoms with Crippen molar-refractivity contribution in [1.29, 1.82) is 0 Å². The highest BCUT2D eigenvalue weighted by molar-refractivity contribution is 5.93. The first-order chi connectivity index (χ1) is 14.5. The van der Waals surface area contributed by atoms with Crippen LogP contribution in [-0.4, -0.2) is 31.6 Å². The number of ether oxygens (including phenoxy) is 1. The Balaban J connectivity index is 1.61. The van der Waals surface area contributed by atoms with Gasteiger partial charge in [-0.1, -0.05) is 44.2 Å². The number of para-hydroxylation sites is 1. The lowest BCUT2D eigenvalue weighted by Gasteiger charge is -2.40. The van der Waals surface area contributed by atoms with Crippen LogP contribution in [0, 0.1) is 5.92 Å². The van der Waals surface area contributed by atoms with Crippen molar-refractivity contribution in [3.8, 4) is 5.75 Å². The molecule has 2 aliphatic heterocycles. The van der Waals surface area contributed by atoms with Crippen LogP contribution in [0.4, 0.5) is 5.69 Å². The van der Waals surface area contributed by atoms with Crippen LogP contribution in [0.3, 0.4) is 0 Å². The van der Waals surface area contributed by atoms with Gasteiger partial charge in [-0.05, 0) is 60.8 Å². The first-order valence-electron chi connectivity index (χ1n) is 11.1. The Kier molecular flexibility index (Phi) is 5.96. The zero-order valence-corrected chi connectivity index (χ0v) is 18.3. The van der Waals surface area contributed by atoms with Gasteiger partial charge in [-0.15, -0.1) is 0 Å². The van der Waals surface area contributed by atoms with E-state index in [1.54, 1.807) is 4.90 Å². The van der Waals surface area contributed by atoms with Gasteiger partial charge in [0.05, 0.1) is 0 Å². The van der Waals surface area contributed by atoms with Crippen LogP contribution in [-0.2, 0) is 4.79 Å². The maximum Gasteiger partial charge on any atom is 0.226 e. The molecule has 0 radical (unpaired) electrons. The van der Waals surface area contributed by atoms with E-state index in [1.165, 1.54) is 5.57 Å². The third-order valence-electron chi connectivity index (χ3n) is 6.22. The SMILES string of the molecule is CC(C)CCC(=O)N(C)c1ccc(C2=CC3(CCNCC3)Oc3ccccc32)cc1. The van der Waals surface area contributed by atoms with Crippen molar-refractivity contribution in [3.63, 3.8) is 0 Å². The fourth-order valence-corrected chi connectivity index (χ4v) is 4.29. The van der Waals surface area contributed by atoms with Gasteiger partial charge in [0, 0.05) is 37.6 Å². The molecular weight excluding hydrogens is 372 g/mol. The number of carbonyl (C=O) groups excluding carboxylic acids is 1. The molecule has 1 saturated heterocycles. The molecule has 0 saturated carbocycles. The molecule has 0 aliphatic carbocycles. The molecular formula is C26H32N2O2. The molecule has 4 nitrogen and oxygen atoms in total. The average Bonchev–Trinajstić information content (AvgIpc) is 2.77. The van der Waals surface area contributed by atoms with E-state index in [9.17, 15) is 4.79 Å². The molecule has 1 N–H and O–H groups in total. The van der Waals surface area contributed by atoms with E-state index in [0.29, 0.717) is 12.3 Å². The molecule has 2 aromatic rings. The van der Waals surface area contributed by atoms with E-state index >= 15 is 0 Å². The van der Waals surface area contributed by atoms with Crippen LogP contribution in [0.15, 0.2) is 54.6 Å². The van der Waals surface area contributed by atoms with Crippen LogP contribution in [0.5, 0.6) is 5.75 Å². The summed E-state index contributed by atoms with van der Waals surface area (Å²) in [5, 5.41) is 3.44. The van der Waals surface area contributed by atoms with Gasteiger partial charge in [0.15, 0.2) is 0 Å². The Bertz CT molecular complexity index is 924. The summed E-state index contributed by atoms with van der Waals surface area (Å²) in [6, 6.07) is 16.7. The number of piperidine rings is 1. The van der Waals surface area contributed by atoms with Crippen molar-refractivity contribution in [3.05, 3.63) is 65.7 Å². The van der Waals surface area contributed by atoms with Gasteiger partial charge in [0.1, 0.15) is 11.4 Å². The standard InChI is InChI=1S/C26H32N2O2/c1-19(2)8-13-25(29)28(3)21-11-9-20(10-12-21)23-18-26(14-16-27-17-15-26)30-24-7-5-4-6-22(23)24/h4-7,9-12,18-19,27H,8,13-17H2,1-3H3. The first kappa shape index (κ1) is 20.7. The molecule has 2 aliphatic rings. The van der Waals surface area contributed by atoms with Crippen molar-refractivity contribution < 1.29 is 9.53 Å². The van der Waals surface area contributed by atoms with E-state index in [-0.39, 0.29) is 11.5 Å². The quantitative estimate of drug-likeness (QED) is 0.760. The Morgan fingerprint density at radius 3 is 2.50 bits per heavy atom. The van der Waals surface area contributed by atoms with Gasteiger partial charge >= 0.3 is 0 Å². The summed E-state index contributed by atoms with van der Waals surface area (Å²) >= 11 is 0. The minimum atomic E-state index is -0.239. The maximum atomic E-state index is 12.5. The number of nitrogens with zero attached hydrogens (tertiary/aromatic N) is 1. The fraction of sp³-hybridized carbons (Fsp3) is 0.423. The van der Waals surface area contributed by atoms with Crippen molar-refractivity contribution in [2.75, 3.05) is 25.0 Å². The maximum absolute atomic E-state index is 12.5. The molecule has 4 heteroatoms. The Hall–Kier alpha value is -2.59.